The molecular weight excluding hydrogens is 205 g/mol. The van der Waals surface area contributed by atoms with Crippen molar-refractivity contribution < 1.29 is 60.9 Å². The van der Waals surface area contributed by atoms with Crippen LogP contribution in [0.15, 0.2) is 0 Å². The van der Waals surface area contributed by atoms with Gasteiger partial charge in [0.1, 0.15) is 0 Å². The van der Waals surface area contributed by atoms with Crippen LogP contribution in [0.4, 0.5) is 0 Å². The van der Waals surface area contributed by atoms with Gasteiger partial charge in [0.2, 0.25) is 0 Å². The zero-order chi connectivity index (χ0) is 10.1. The number of nitrogens with one attached hydrogen (secondary N) is 1. The quantitative estimate of drug-likeness (QED) is 0.454. The molecule has 0 aromatic heterocycles. The summed E-state index contributed by atoms with van der Waals surface area (Å²) in [4.78, 5) is 10.1. The fourth-order valence-electron chi connectivity index (χ4n) is 0.828. The van der Waals surface area contributed by atoms with Gasteiger partial charge < -0.3 is 21.8 Å². The van der Waals surface area contributed by atoms with Crippen molar-refractivity contribution in [2.75, 3.05) is 19.8 Å². The van der Waals surface area contributed by atoms with Gasteiger partial charge in [-0.25, -0.2) is 0 Å². The molecule has 0 spiro atoms. The van der Waals surface area contributed by atoms with Crippen LogP contribution in [-0.2, 0) is 9.53 Å². The average Bonchev–Trinajstić information content (AvgIpc) is 2.57. The molecule has 1 rings (SSSR count). The first-order valence-electron chi connectivity index (χ1n) is 4.80. The molecule has 3 nitrogen and oxygen atoms in total. The number of carbonyl (C=O) groups excluding carboxylic acids is 1. The molecule has 0 aromatic carbocycles. The van der Waals surface area contributed by atoms with E-state index < -0.39 is 0 Å². The van der Waals surface area contributed by atoms with Crippen LogP contribution < -0.4 is 56.7 Å². The zero-order valence-corrected chi connectivity index (χ0v) is 12.8. The molecule has 0 radical (unpaired) electrons. The molecule has 14 heavy (non-hydrogen) atoms. The van der Waals surface area contributed by atoms with Crippen LogP contribution in [0.3, 0.4) is 0 Å². The maximum Gasteiger partial charge on any atom is 1.00 e. The predicted molar refractivity (Wildman–Crippen MR) is 53.3 cm³/mol. The minimum absolute atomic E-state index is 0. The van der Waals surface area contributed by atoms with Gasteiger partial charge in [-0.05, 0) is 18.8 Å². The molecule has 1 aliphatic heterocycles. The van der Waals surface area contributed by atoms with Gasteiger partial charge in [-0.1, -0.05) is 13.8 Å². The van der Waals surface area contributed by atoms with Gasteiger partial charge in [0.25, 0.3) is 0 Å². The Kier molecular flexibility index (Phi) is 14.9. The summed E-state index contributed by atoms with van der Waals surface area (Å²) in [5.74, 6) is 0.319. The normalized spacial score (nSPS) is 13.9. The van der Waals surface area contributed by atoms with Crippen molar-refractivity contribution in [2.24, 2.45) is 5.92 Å². The Labute approximate surface area is 130 Å². The van der Waals surface area contributed by atoms with E-state index in [0.29, 0.717) is 5.92 Å². The van der Waals surface area contributed by atoms with Crippen LogP contribution in [0.5, 0.6) is 0 Å². The van der Waals surface area contributed by atoms with Crippen molar-refractivity contribution in [1.82, 2.24) is 5.32 Å². The predicted octanol–water partition coefficient (Wildman–Crippen LogP) is -1.61. The van der Waals surface area contributed by atoms with Crippen molar-refractivity contribution in [3.05, 3.63) is 6.92 Å². The van der Waals surface area contributed by atoms with E-state index in [-0.39, 0.29) is 57.3 Å². The van der Waals surface area contributed by atoms with E-state index in [9.17, 15) is 4.79 Å². The van der Waals surface area contributed by atoms with Crippen molar-refractivity contribution in [3.8, 4) is 0 Å². The monoisotopic (exact) mass is 225 g/mol. The Bertz CT molecular complexity index is 128. The Balaban J connectivity index is 0. The first-order valence-corrected chi connectivity index (χ1v) is 4.80. The summed E-state index contributed by atoms with van der Waals surface area (Å²) in [5.41, 5.74) is 0. The van der Waals surface area contributed by atoms with E-state index in [1.54, 1.807) is 0 Å². The SMILES string of the molecule is C1CCOC1.[CH2-]C(=O)NCC(C)C.[K+]. The number of hydrogen-bond acceptors (Lipinski definition) is 2. The summed E-state index contributed by atoms with van der Waals surface area (Å²) >= 11 is 0. The van der Waals surface area contributed by atoms with Crippen LogP contribution in [0, 0.1) is 12.8 Å². The molecule has 1 saturated heterocycles. The second kappa shape index (κ2) is 12.0. The van der Waals surface area contributed by atoms with Crippen LogP contribution in [-0.4, -0.2) is 25.7 Å². The molecule has 78 valence electrons. The van der Waals surface area contributed by atoms with Gasteiger partial charge in [-0.15, -0.1) is 0 Å². The summed E-state index contributed by atoms with van der Waals surface area (Å²) < 4.78 is 4.94. The van der Waals surface area contributed by atoms with E-state index in [1.807, 2.05) is 13.8 Å². The van der Waals surface area contributed by atoms with Crippen LogP contribution in [0.2, 0.25) is 0 Å². The Hall–Kier alpha value is 0.936. The third-order valence-corrected chi connectivity index (χ3v) is 1.53. The summed E-state index contributed by atoms with van der Waals surface area (Å²) in [6, 6.07) is 0. The second-order valence-corrected chi connectivity index (χ2v) is 3.52. The molecule has 0 atom stereocenters. The third kappa shape index (κ3) is 15.4. The van der Waals surface area contributed by atoms with Crippen molar-refractivity contribution in [1.29, 1.82) is 0 Å². The van der Waals surface area contributed by atoms with Crippen molar-refractivity contribution in [2.45, 2.75) is 26.7 Å². The number of ether oxygens (including phenoxy) is 1. The first kappa shape index (κ1) is 17.3. The average molecular weight is 225 g/mol. The van der Waals surface area contributed by atoms with Gasteiger partial charge in [0, 0.05) is 19.8 Å². The van der Waals surface area contributed by atoms with Gasteiger partial charge >= 0.3 is 51.4 Å². The Morgan fingerprint density at radius 3 is 2.07 bits per heavy atom. The summed E-state index contributed by atoms with van der Waals surface area (Å²) in [6.45, 7) is 9.96. The molecule has 1 N–H and O–H groups in total. The molecule has 1 amide bonds. The van der Waals surface area contributed by atoms with E-state index in [1.165, 1.54) is 12.8 Å². The largest absolute Gasteiger partial charge is 1.00 e. The zero-order valence-electron chi connectivity index (χ0n) is 9.64. The summed E-state index contributed by atoms with van der Waals surface area (Å²) in [7, 11) is 0. The molecule has 0 bridgehead atoms. The van der Waals surface area contributed by atoms with E-state index >= 15 is 0 Å². The maximum atomic E-state index is 10.1. The molecule has 1 heterocycles. The number of amides is 1. The van der Waals surface area contributed by atoms with Gasteiger partial charge in [0.15, 0.2) is 0 Å². The molecule has 0 aromatic rings. The molecular formula is C10H20KNO2. The third-order valence-electron chi connectivity index (χ3n) is 1.53. The number of carbonyl (C=O) groups is 1. The first-order chi connectivity index (χ1) is 6.13. The molecule has 0 saturated carbocycles. The Morgan fingerprint density at radius 2 is 1.93 bits per heavy atom. The fourth-order valence-corrected chi connectivity index (χ4v) is 0.828. The van der Waals surface area contributed by atoms with E-state index in [0.717, 1.165) is 19.8 Å². The standard InChI is InChI=1S/C6H12NO.C4H8O.K/c1-5(2)4-7-6(3)8;1-2-4-5-3-1;/h5H,3-4H2,1-2H3,(H,7,8);1-4H2;/q-1;;+1. The Morgan fingerprint density at radius 1 is 1.43 bits per heavy atom. The van der Waals surface area contributed by atoms with Crippen LogP contribution in [0.25, 0.3) is 0 Å². The minimum atomic E-state index is -0.196. The minimum Gasteiger partial charge on any atom is -0.381 e. The van der Waals surface area contributed by atoms with Crippen molar-refractivity contribution in [3.63, 3.8) is 0 Å². The van der Waals surface area contributed by atoms with Gasteiger partial charge in [0.05, 0.1) is 5.91 Å². The van der Waals surface area contributed by atoms with Crippen LogP contribution in [0.1, 0.15) is 26.7 Å². The smallest absolute Gasteiger partial charge is 0.381 e. The second-order valence-electron chi connectivity index (χ2n) is 3.52. The summed E-state index contributed by atoms with van der Waals surface area (Å²) in [5, 5.41) is 2.59. The maximum absolute atomic E-state index is 10.1. The molecule has 0 aliphatic carbocycles. The number of hydrogen-bond donors (Lipinski definition) is 1. The fraction of sp³-hybridized carbons (Fsp3) is 0.800. The molecule has 1 aliphatic rings. The van der Waals surface area contributed by atoms with Gasteiger partial charge in [-0.3, -0.25) is 0 Å². The van der Waals surface area contributed by atoms with Gasteiger partial charge in [-0.2, -0.15) is 0 Å². The number of rotatable bonds is 2. The van der Waals surface area contributed by atoms with E-state index in [4.69, 9.17) is 4.74 Å². The molecule has 4 heteroatoms. The molecule has 1 fully saturated rings. The summed E-state index contributed by atoms with van der Waals surface area (Å²) in [6.07, 6.45) is 2.56. The van der Waals surface area contributed by atoms with E-state index in [2.05, 4.69) is 12.2 Å². The topological polar surface area (TPSA) is 38.3 Å². The van der Waals surface area contributed by atoms with Crippen LogP contribution >= 0.6 is 0 Å². The van der Waals surface area contributed by atoms with Crippen molar-refractivity contribution >= 4 is 5.91 Å². The molecule has 0 unspecified atom stereocenters.